The number of nitro groups is 1. The Kier molecular flexibility index (Phi) is 6.51. The van der Waals surface area contributed by atoms with Crippen LogP contribution in [0.4, 0.5) is 5.69 Å². The number of benzene rings is 1. The normalized spacial score (nSPS) is 21.6. The number of rotatable bonds is 7. The van der Waals surface area contributed by atoms with E-state index in [1.165, 1.54) is 30.3 Å². The smallest absolute Gasteiger partial charge is 0.379 e. The maximum absolute atomic E-state index is 12.3. The number of hydrogen-bond acceptors (Lipinski definition) is 8. The van der Waals surface area contributed by atoms with Crippen molar-refractivity contribution in [1.29, 1.82) is 0 Å². The van der Waals surface area contributed by atoms with Crippen LogP contribution in [0.1, 0.15) is 37.7 Å². The van der Waals surface area contributed by atoms with Crippen molar-refractivity contribution in [3.63, 3.8) is 0 Å². The first kappa shape index (κ1) is 20.4. The van der Waals surface area contributed by atoms with Crippen molar-refractivity contribution in [3.8, 4) is 0 Å². The van der Waals surface area contributed by atoms with Gasteiger partial charge in [0, 0.05) is 24.5 Å². The summed E-state index contributed by atoms with van der Waals surface area (Å²) in [7, 11) is 1.14. The maximum atomic E-state index is 12.3. The molecule has 0 spiro atoms. The second-order valence-corrected chi connectivity index (χ2v) is 6.06. The van der Waals surface area contributed by atoms with Gasteiger partial charge >= 0.3 is 17.7 Å². The van der Waals surface area contributed by atoms with Crippen LogP contribution in [0.3, 0.4) is 0 Å². The highest BCUT2D eigenvalue weighted by Gasteiger charge is 2.47. The van der Waals surface area contributed by atoms with E-state index in [9.17, 15) is 24.8 Å². The van der Waals surface area contributed by atoms with Gasteiger partial charge in [-0.15, -0.1) is 0 Å². The molecule has 1 aromatic rings. The average molecular weight is 379 g/mol. The Labute approximate surface area is 155 Å². The maximum Gasteiger partial charge on any atom is 0.379 e. The minimum atomic E-state index is -2.36. The zero-order valence-corrected chi connectivity index (χ0v) is 15.0. The molecule has 0 fully saturated rings. The predicted octanol–water partition coefficient (Wildman–Crippen LogP) is 2.19. The minimum absolute atomic E-state index is 0.0998. The SMILES string of the molecule is CCCCOC(=O)C1(O)CC(c2ccc([N+](=O)[O-])cc2)C=C(C(=O)OC)O1. The number of unbranched alkanes of at least 4 members (excludes halogenated alkanes) is 1. The van der Waals surface area contributed by atoms with E-state index in [-0.39, 0.29) is 24.5 Å². The predicted molar refractivity (Wildman–Crippen MR) is 92.5 cm³/mol. The molecule has 1 aliphatic rings. The van der Waals surface area contributed by atoms with Gasteiger partial charge in [-0.2, -0.15) is 0 Å². The monoisotopic (exact) mass is 379 g/mol. The zero-order valence-electron chi connectivity index (χ0n) is 15.0. The first-order valence-corrected chi connectivity index (χ1v) is 8.43. The number of allylic oxidation sites excluding steroid dienone is 1. The molecule has 9 nitrogen and oxygen atoms in total. The molecular formula is C18H21NO8. The molecule has 1 N–H and O–H groups in total. The van der Waals surface area contributed by atoms with E-state index >= 15 is 0 Å². The summed E-state index contributed by atoms with van der Waals surface area (Å²) in [5, 5.41) is 21.5. The van der Waals surface area contributed by atoms with Crippen LogP contribution in [0.2, 0.25) is 0 Å². The van der Waals surface area contributed by atoms with Crippen LogP contribution in [0, 0.1) is 10.1 Å². The molecule has 0 aliphatic carbocycles. The van der Waals surface area contributed by atoms with Crippen molar-refractivity contribution < 1.29 is 33.8 Å². The van der Waals surface area contributed by atoms with Gasteiger partial charge in [-0.05, 0) is 18.1 Å². The van der Waals surface area contributed by atoms with Gasteiger partial charge in [-0.3, -0.25) is 10.1 Å². The number of nitrogens with zero attached hydrogens (tertiary/aromatic N) is 1. The number of esters is 2. The lowest BCUT2D eigenvalue weighted by Crippen LogP contribution is -2.47. The van der Waals surface area contributed by atoms with Gasteiger partial charge in [0.25, 0.3) is 5.69 Å². The molecule has 0 bridgehead atoms. The van der Waals surface area contributed by atoms with Gasteiger partial charge in [0.1, 0.15) is 0 Å². The fourth-order valence-corrected chi connectivity index (χ4v) is 2.61. The topological polar surface area (TPSA) is 125 Å². The Morgan fingerprint density at radius 3 is 2.59 bits per heavy atom. The summed E-state index contributed by atoms with van der Waals surface area (Å²) in [5.41, 5.74) is 0.460. The molecule has 0 radical (unpaired) electrons. The number of aliphatic hydroxyl groups is 1. The lowest BCUT2D eigenvalue weighted by molar-refractivity contribution is -0.384. The second-order valence-electron chi connectivity index (χ2n) is 6.06. The van der Waals surface area contributed by atoms with E-state index in [2.05, 4.69) is 4.74 Å². The van der Waals surface area contributed by atoms with Crippen LogP contribution in [-0.2, 0) is 23.8 Å². The molecule has 146 valence electrons. The van der Waals surface area contributed by atoms with Crippen LogP contribution >= 0.6 is 0 Å². The van der Waals surface area contributed by atoms with Crippen LogP contribution in [0.15, 0.2) is 36.1 Å². The first-order valence-electron chi connectivity index (χ1n) is 8.43. The van der Waals surface area contributed by atoms with Crippen LogP contribution in [0.5, 0.6) is 0 Å². The minimum Gasteiger partial charge on any atom is -0.463 e. The molecule has 1 aliphatic heterocycles. The van der Waals surface area contributed by atoms with Crippen molar-refractivity contribution >= 4 is 17.6 Å². The summed E-state index contributed by atoms with van der Waals surface area (Å²) in [4.78, 5) is 34.5. The van der Waals surface area contributed by atoms with E-state index in [0.717, 1.165) is 13.5 Å². The summed E-state index contributed by atoms with van der Waals surface area (Å²) in [5.74, 6) is -5.17. The molecule has 0 saturated heterocycles. The molecule has 0 saturated carbocycles. The van der Waals surface area contributed by atoms with Crippen LogP contribution in [0.25, 0.3) is 0 Å². The molecule has 27 heavy (non-hydrogen) atoms. The van der Waals surface area contributed by atoms with Crippen LogP contribution < -0.4 is 0 Å². The largest absolute Gasteiger partial charge is 0.463 e. The highest BCUT2D eigenvalue weighted by molar-refractivity contribution is 5.88. The van der Waals surface area contributed by atoms with Crippen molar-refractivity contribution in [2.75, 3.05) is 13.7 Å². The zero-order chi connectivity index (χ0) is 20.0. The number of methoxy groups -OCH3 is 1. The Morgan fingerprint density at radius 2 is 2.04 bits per heavy atom. The highest BCUT2D eigenvalue weighted by atomic mass is 16.7. The molecule has 0 aromatic heterocycles. The Morgan fingerprint density at radius 1 is 1.37 bits per heavy atom. The standard InChI is InChI=1S/C18H21NO8/c1-3-4-9-26-17(21)18(22)11-13(10-15(27-18)16(20)25-2)12-5-7-14(8-6-12)19(23)24/h5-8,10,13,22H,3-4,9,11H2,1-2H3. The molecule has 2 unspecified atom stereocenters. The van der Waals surface area contributed by atoms with E-state index < -0.39 is 28.6 Å². The average Bonchev–Trinajstić information content (AvgIpc) is 2.67. The van der Waals surface area contributed by atoms with E-state index in [4.69, 9.17) is 9.47 Å². The summed E-state index contributed by atoms with van der Waals surface area (Å²) in [6, 6.07) is 5.58. The van der Waals surface area contributed by atoms with Gasteiger partial charge in [0.2, 0.25) is 5.76 Å². The van der Waals surface area contributed by atoms with Crippen molar-refractivity contribution in [2.45, 2.75) is 37.9 Å². The van der Waals surface area contributed by atoms with Crippen LogP contribution in [-0.4, -0.2) is 41.5 Å². The Balaban J connectivity index is 2.30. The number of ether oxygens (including phenoxy) is 3. The van der Waals surface area contributed by atoms with Gasteiger partial charge in [-0.25, -0.2) is 9.59 Å². The fraction of sp³-hybridized carbons (Fsp3) is 0.444. The summed E-state index contributed by atoms with van der Waals surface area (Å²) in [6.45, 7) is 2.03. The highest BCUT2D eigenvalue weighted by Crippen LogP contribution is 2.37. The van der Waals surface area contributed by atoms with Gasteiger partial charge in [0.15, 0.2) is 0 Å². The number of non-ortho nitro benzene ring substituents is 1. The Bertz CT molecular complexity index is 742. The van der Waals surface area contributed by atoms with Crippen molar-refractivity contribution in [2.24, 2.45) is 0 Å². The Hall–Kier alpha value is -2.94. The molecule has 2 rings (SSSR count). The molecular weight excluding hydrogens is 358 g/mol. The number of nitro benzene ring substituents is 1. The lowest BCUT2D eigenvalue weighted by atomic mass is 9.88. The first-order chi connectivity index (χ1) is 12.8. The molecule has 1 heterocycles. The van der Waals surface area contributed by atoms with Gasteiger partial charge in [-0.1, -0.05) is 25.5 Å². The third-order valence-electron chi connectivity index (χ3n) is 4.10. The third-order valence-corrected chi connectivity index (χ3v) is 4.10. The lowest BCUT2D eigenvalue weighted by Gasteiger charge is -2.33. The van der Waals surface area contributed by atoms with Gasteiger partial charge < -0.3 is 19.3 Å². The summed E-state index contributed by atoms with van der Waals surface area (Å²) >= 11 is 0. The molecule has 2 atom stereocenters. The van der Waals surface area contributed by atoms with E-state index in [1.54, 1.807) is 0 Å². The quantitative estimate of drug-likeness (QED) is 0.331. The third kappa shape index (κ3) is 4.82. The molecule has 0 amide bonds. The van der Waals surface area contributed by atoms with E-state index in [0.29, 0.717) is 12.0 Å². The molecule has 9 heteroatoms. The van der Waals surface area contributed by atoms with Crippen molar-refractivity contribution in [1.82, 2.24) is 0 Å². The fourth-order valence-electron chi connectivity index (χ4n) is 2.61. The number of carbonyl (C=O) groups is 2. The van der Waals surface area contributed by atoms with E-state index in [1.807, 2.05) is 6.92 Å². The summed E-state index contributed by atoms with van der Waals surface area (Å²) in [6.07, 6.45) is 2.61. The van der Waals surface area contributed by atoms with Crippen molar-refractivity contribution in [3.05, 3.63) is 51.8 Å². The number of hydrogen-bond donors (Lipinski definition) is 1. The molecule has 1 aromatic carbocycles. The van der Waals surface area contributed by atoms with Gasteiger partial charge in [0.05, 0.1) is 18.6 Å². The second kappa shape index (κ2) is 8.63. The summed E-state index contributed by atoms with van der Waals surface area (Å²) < 4.78 is 14.8. The number of carbonyl (C=O) groups excluding carboxylic acids is 2.